The van der Waals surface area contributed by atoms with Gasteiger partial charge < -0.3 is 4.74 Å². The Morgan fingerprint density at radius 1 is 1.19 bits per heavy atom. The number of nitrogens with zero attached hydrogens (tertiary/aromatic N) is 2. The van der Waals surface area contributed by atoms with E-state index in [-0.39, 0.29) is 0 Å². The van der Waals surface area contributed by atoms with Gasteiger partial charge in [-0.3, -0.25) is 5.43 Å². The van der Waals surface area contributed by atoms with E-state index in [4.69, 9.17) is 4.74 Å². The van der Waals surface area contributed by atoms with Crippen LogP contribution in [0, 0.1) is 6.92 Å². The molecule has 1 aromatic carbocycles. The van der Waals surface area contributed by atoms with Gasteiger partial charge in [0.05, 0.1) is 23.4 Å². The Morgan fingerprint density at radius 3 is 2.77 bits per heavy atom. The number of thiophene rings is 1. The Labute approximate surface area is 162 Å². The largest absolute Gasteiger partial charge is 0.494 e. The van der Waals surface area contributed by atoms with Crippen LogP contribution in [-0.2, 0) is 0 Å². The minimum absolute atomic E-state index is 0.777. The molecule has 2 aromatic heterocycles. The summed E-state index contributed by atoms with van der Waals surface area (Å²) >= 11 is 3.31. The first kappa shape index (κ1) is 18.6. The van der Waals surface area contributed by atoms with Gasteiger partial charge in [-0.25, -0.2) is 4.98 Å². The van der Waals surface area contributed by atoms with E-state index in [1.807, 2.05) is 30.3 Å². The third-order valence-corrected chi connectivity index (χ3v) is 5.57. The van der Waals surface area contributed by atoms with Crippen molar-refractivity contribution in [2.45, 2.75) is 33.1 Å². The molecule has 26 heavy (non-hydrogen) atoms. The van der Waals surface area contributed by atoms with Crippen molar-refractivity contribution in [3.05, 3.63) is 52.2 Å². The molecule has 6 heteroatoms. The predicted octanol–water partition coefficient (Wildman–Crippen LogP) is 6.20. The maximum absolute atomic E-state index is 5.72. The van der Waals surface area contributed by atoms with Crippen LogP contribution in [-0.4, -0.2) is 17.8 Å². The van der Waals surface area contributed by atoms with E-state index < -0.39 is 0 Å². The average Bonchev–Trinajstić information content (AvgIpc) is 3.29. The number of hydrogen-bond donors (Lipinski definition) is 1. The second-order valence-electron chi connectivity index (χ2n) is 5.90. The molecule has 2 heterocycles. The fourth-order valence-corrected chi connectivity index (χ4v) is 4.05. The van der Waals surface area contributed by atoms with Gasteiger partial charge in [0.2, 0.25) is 5.13 Å². The molecule has 0 aliphatic rings. The average molecular weight is 386 g/mol. The fourth-order valence-electron chi connectivity index (χ4n) is 2.44. The molecule has 4 nitrogen and oxygen atoms in total. The molecule has 0 radical (unpaired) electrons. The number of unbranched alkanes of at least 4 members (excludes halogenated alkanes) is 2. The summed E-state index contributed by atoms with van der Waals surface area (Å²) in [5.41, 5.74) is 5.08. The molecule has 0 bridgehead atoms. The molecule has 1 N–H and O–H groups in total. The molecule has 136 valence electrons. The fraction of sp³-hybridized carbons (Fsp3) is 0.300. The maximum Gasteiger partial charge on any atom is 0.204 e. The van der Waals surface area contributed by atoms with Gasteiger partial charge in [-0.1, -0.05) is 25.8 Å². The lowest BCUT2D eigenvalue weighted by Crippen LogP contribution is -1.97. The molecule has 3 rings (SSSR count). The van der Waals surface area contributed by atoms with Crippen molar-refractivity contribution in [3.63, 3.8) is 0 Å². The minimum atomic E-state index is 0.777. The maximum atomic E-state index is 5.72. The summed E-state index contributed by atoms with van der Waals surface area (Å²) in [6.45, 7) is 5.05. The number of benzene rings is 1. The number of aromatic nitrogens is 1. The van der Waals surface area contributed by atoms with Gasteiger partial charge >= 0.3 is 0 Å². The lowest BCUT2D eigenvalue weighted by atomic mass is 10.2. The number of thiazole rings is 1. The van der Waals surface area contributed by atoms with Crippen molar-refractivity contribution in [2.75, 3.05) is 12.0 Å². The Balaban J connectivity index is 1.53. The van der Waals surface area contributed by atoms with Gasteiger partial charge in [0.25, 0.3) is 0 Å². The number of rotatable bonds is 9. The van der Waals surface area contributed by atoms with Crippen LogP contribution < -0.4 is 10.2 Å². The predicted molar refractivity (Wildman–Crippen MR) is 113 cm³/mol. The smallest absolute Gasteiger partial charge is 0.204 e. The van der Waals surface area contributed by atoms with Crippen LogP contribution in [0.3, 0.4) is 0 Å². The number of aryl methyl sites for hydroxylation is 1. The van der Waals surface area contributed by atoms with Gasteiger partial charge in [-0.05, 0) is 54.6 Å². The van der Waals surface area contributed by atoms with Gasteiger partial charge in [0.15, 0.2) is 0 Å². The van der Waals surface area contributed by atoms with Crippen LogP contribution in [0.2, 0.25) is 0 Å². The molecule has 0 aliphatic carbocycles. The number of anilines is 1. The summed E-state index contributed by atoms with van der Waals surface area (Å²) in [5.74, 6) is 0.905. The summed E-state index contributed by atoms with van der Waals surface area (Å²) < 4.78 is 5.72. The molecule has 0 amide bonds. The lowest BCUT2D eigenvalue weighted by Gasteiger charge is -2.05. The van der Waals surface area contributed by atoms with Crippen molar-refractivity contribution in [1.29, 1.82) is 0 Å². The molecule has 0 saturated carbocycles. The Morgan fingerprint density at radius 2 is 2.04 bits per heavy atom. The third kappa shape index (κ3) is 5.16. The van der Waals surface area contributed by atoms with Gasteiger partial charge in [0, 0.05) is 4.88 Å². The minimum Gasteiger partial charge on any atom is -0.494 e. The lowest BCUT2D eigenvalue weighted by molar-refractivity contribution is 0.306. The zero-order valence-electron chi connectivity index (χ0n) is 15.1. The zero-order valence-corrected chi connectivity index (χ0v) is 16.7. The first-order valence-electron chi connectivity index (χ1n) is 8.79. The molecule has 0 atom stereocenters. The zero-order chi connectivity index (χ0) is 18.2. The SMILES string of the molecule is CCCCCOc1ccc(/C=N\Nc2nc(-c3cccs3)c(C)s2)cc1. The van der Waals surface area contributed by atoms with E-state index in [1.165, 1.54) is 22.6 Å². The Bertz CT molecular complexity index is 823. The second kappa shape index (κ2) is 9.50. The van der Waals surface area contributed by atoms with Crippen molar-refractivity contribution in [3.8, 4) is 16.3 Å². The summed E-state index contributed by atoms with van der Waals surface area (Å²) in [7, 11) is 0. The Hall–Kier alpha value is -2.18. The van der Waals surface area contributed by atoms with Gasteiger partial charge in [0.1, 0.15) is 5.75 Å². The van der Waals surface area contributed by atoms with Crippen LogP contribution in [0.4, 0.5) is 5.13 Å². The highest BCUT2D eigenvalue weighted by atomic mass is 32.1. The molecule has 0 fully saturated rings. The van der Waals surface area contributed by atoms with Crippen LogP contribution >= 0.6 is 22.7 Å². The summed E-state index contributed by atoms with van der Waals surface area (Å²) in [6.07, 6.45) is 5.31. The molecule has 0 unspecified atom stereocenters. The molecule has 0 spiro atoms. The third-order valence-electron chi connectivity index (χ3n) is 3.82. The molecule has 3 aromatic rings. The standard InChI is InChI=1S/C20H23N3OS2/c1-3-4-5-12-24-17-10-8-16(9-11-17)14-21-23-20-22-19(15(2)26-20)18-7-6-13-25-18/h6-11,13-14H,3-5,12H2,1-2H3,(H,22,23)/b21-14-. The van der Waals surface area contributed by atoms with E-state index >= 15 is 0 Å². The monoisotopic (exact) mass is 385 g/mol. The van der Waals surface area contributed by atoms with E-state index in [2.05, 4.69) is 40.8 Å². The number of ether oxygens (including phenoxy) is 1. The van der Waals surface area contributed by atoms with Gasteiger partial charge in [-0.2, -0.15) is 5.10 Å². The second-order valence-corrected chi connectivity index (χ2v) is 8.05. The normalized spacial score (nSPS) is 11.2. The molecular formula is C20H23N3OS2. The van der Waals surface area contributed by atoms with Crippen LogP contribution in [0.1, 0.15) is 36.6 Å². The number of hydrogen-bond acceptors (Lipinski definition) is 6. The van der Waals surface area contributed by atoms with Crippen LogP contribution in [0.5, 0.6) is 5.75 Å². The first-order chi connectivity index (χ1) is 12.8. The number of nitrogens with one attached hydrogen (secondary N) is 1. The van der Waals surface area contributed by atoms with E-state index in [0.717, 1.165) is 35.2 Å². The first-order valence-corrected chi connectivity index (χ1v) is 10.5. The summed E-state index contributed by atoms with van der Waals surface area (Å²) in [4.78, 5) is 7.01. The van der Waals surface area contributed by atoms with E-state index in [0.29, 0.717) is 0 Å². The highest BCUT2D eigenvalue weighted by molar-refractivity contribution is 7.17. The highest BCUT2D eigenvalue weighted by Gasteiger charge is 2.09. The molecule has 0 aliphatic heterocycles. The summed E-state index contributed by atoms with van der Waals surface area (Å²) in [6, 6.07) is 12.1. The summed E-state index contributed by atoms with van der Waals surface area (Å²) in [5, 5.41) is 7.17. The number of hydrazone groups is 1. The van der Waals surface area contributed by atoms with E-state index in [1.54, 1.807) is 28.9 Å². The van der Waals surface area contributed by atoms with Crippen molar-refractivity contribution in [1.82, 2.24) is 4.98 Å². The highest BCUT2D eigenvalue weighted by Crippen LogP contribution is 2.32. The quantitative estimate of drug-likeness (QED) is 0.271. The van der Waals surface area contributed by atoms with Crippen LogP contribution in [0.25, 0.3) is 10.6 Å². The van der Waals surface area contributed by atoms with Crippen molar-refractivity contribution >= 4 is 34.0 Å². The topological polar surface area (TPSA) is 46.5 Å². The van der Waals surface area contributed by atoms with Crippen molar-refractivity contribution in [2.24, 2.45) is 5.10 Å². The van der Waals surface area contributed by atoms with Gasteiger partial charge in [-0.15, -0.1) is 22.7 Å². The molecule has 0 saturated heterocycles. The Kier molecular flexibility index (Phi) is 6.80. The molecular weight excluding hydrogens is 362 g/mol. The van der Waals surface area contributed by atoms with E-state index in [9.17, 15) is 0 Å². The van der Waals surface area contributed by atoms with Crippen molar-refractivity contribution < 1.29 is 4.74 Å². The van der Waals surface area contributed by atoms with Crippen LogP contribution in [0.15, 0.2) is 46.9 Å².